The van der Waals surface area contributed by atoms with Crippen molar-refractivity contribution in [3.05, 3.63) is 70.6 Å². The lowest BCUT2D eigenvalue weighted by atomic mass is 10.2. The van der Waals surface area contributed by atoms with Gasteiger partial charge in [-0.2, -0.15) is 0 Å². The van der Waals surface area contributed by atoms with Gasteiger partial charge in [0.15, 0.2) is 0 Å². The highest BCUT2D eigenvalue weighted by Gasteiger charge is 2.14. The number of para-hydroxylation sites is 2. The minimum Gasteiger partial charge on any atom is -0.305 e. The fourth-order valence-corrected chi connectivity index (χ4v) is 1.97. The number of aromatic nitrogens is 2. The third-order valence-corrected chi connectivity index (χ3v) is 2.81. The van der Waals surface area contributed by atoms with Crippen LogP contribution in [0, 0.1) is 0 Å². The average molecular weight is 238 g/mol. The van der Waals surface area contributed by atoms with Crippen molar-refractivity contribution in [3.63, 3.8) is 0 Å². The SMILES string of the molecule is O=C(c1ccccc1)n1c(=O)[nH]c2ccccc21. The molecule has 0 fully saturated rings. The zero-order chi connectivity index (χ0) is 12.5. The van der Waals surface area contributed by atoms with E-state index in [4.69, 9.17) is 0 Å². The lowest BCUT2D eigenvalue weighted by Gasteiger charge is -2.01. The summed E-state index contributed by atoms with van der Waals surface area (Å²) in [7, 11) is 0. The number of hydrogen-bond donors (Lipinski definition) is 1. The molecule has 0 saturated carbocycles. The van der Waals surface area contributed by atoms with E-state index in [1.165, 1.54) is 0 Å². The Morgan fingerprint density at radius 3 is 2.39 bits per heavy atom. The molecule has 88 valence electrons. The van der Waals surface area contributed by atoms with E-state index in [0.29, 0.717) is 16.6 Å². The molecule has 0 radical (unpaired) electrons. The van der Waals surface area contributed by atoms with Crippen LogP contribution in [0.5, 0.6) is 0 Å². The van der Waals surface area contributed by atoms with Crippen molar-refractivity contribution in [2.45, 2.75) is 0 Å². The number of nitrogens with one attached hydrogen (secondary N) is 1. The van der Waals surface area contributed by atoms with Crippen molar-refractivity contribution in [2.24, 2.45) is 0 Å². The summed E-state index contributed by atoms with van der Waals surface area (Å²) in [6.45, 7) is 0. The number of H-pyrrole nitrogens is 1. The number of benzene rings is 2. The molecule has 0 aliphatic rings. The predicted octanol–water partition coefficient (Wildman–Crippen LogP) is 2.02. The van der Waals surface area contributed by atoms with E-state index in [0.717, 1.165) is 4.57 Å². The van der Waals surface area contributed by atoms with Crippen molar-refractivity contribution in [2.75, 3.05) is 0 Å². The zero-order valence-electron chi connectivity index (χ0n) is 9.46. The van der Waals surface area contributed by atoms with Crippen LogP contribution in [0.25, 0.3) is 11.0 Å². The van der Waals surface area contributed by atoms with Crippen molar-refractivity contribution >= 4 is 16.9 Å². The van der Waals surface area contributed by atoms with Crippen molar-refractivity contribution in [1.82, 2.24) is 9.55 Å². The zero-order valence-corrected chi connectivity index (χ0v) is 9.46. The highest BCUT2D eigenvalue weighted by molar-refractivity contribution is 6.00. The summed E-state index contributed by atoms with van der Waals surface area (Å²) in [4.78, 5) is 26.8. The van der Waals surface area contributed by atoms with Gasteiger partial charge >= 0.3 is 5.69 Å². The van der Waals surface area contributed by atoms with E-state index in [-0.39, 0.29) is 5.91 Å². The van der Waals surface area contributed by atoms with Gasteiger partial charge in [-0.15, -0.1) is 0 Å². The lowest BCUT2D eigenvalue weighted by molar-refractivity contribution is 0.0961. The molecule has 0 atom stereocenters. The van der Waals surface area contributed by atoms with Gasteiger partial charge in [0.1, 0.15) is 0 Å². The van der Waals surface area contributed by atoms with Gasteiger partial charge in [-0.3, -0.25) is 4.79 Å². The molecule has 0 spiro atoms. The van der Waals surface area contributed by atoms with Crippen molar-refractivity contribution < 1.29 is 4.79 Å². The summed E-state index contributed by atoms with van der Waals surface area (Å²) in [5, 5.41) is 0. The average Bonchev–Trinajstić information content (AvgIpc) is 2.75. The van der Waals surface area contributed by atoms with E-state index in [9.17, 15) is 9.59 Å². The Hall–Kier alpha value is -2.62. The molecule has 0 amide bonds. The van der Waals surface area contributed by atoms with Crippen molar-refractivity contribution in [3.8, 4) is 0 Å². The Labute approximate surface area is 102 Å². The third kappa shape index (κ3) is 1.55. The number of rotatable bonds is 1. The second-order valence-corrected chi connectivity index (χ2v) is 3.95. The maximum absolute atomic E-state index is 12.3. The molecule has 0 aliphatic heterocycles. The molecule has 1 aromatic heterocycles. The number of aromatic amines is 1. The minimum absolute atomic E-state index is 0.321. The summed E-state index contributed by atoms with van der Waals surface area (Å²) < 4.78 is 1.16. The van der Waals surface area contributed by atoms with E-state index in [2.05, 4.69) is 4.98 Å². The van der Waals surface area contributed by atoms with Crippen LogP contribution in [0.4, 0.5) is 0 Å². The highest BCUT2D eigenvalue weighted by Crippen LogP contribution is 2.11. The number of nitrogens with zero attached hydrogens (tertiary/aromatic N) is 1. The Morgan fingerprint density at radius 1 is 0.944 bits per heavy atom. The third-order valence-electron chi connectivity index (χ3n) is 2.81. The first kappa shape index (κ1) is 10.5. The maximum Gasteiger partial charge on any atom is 0.333 e. The molecule has 3 aromatic rings. The molecular weight excluding hydrogens is 228 g/mol. The predicted molar refractivity (Wildman–Crippen MR) is 68.7 cm³/mol. The Balaban J connectivity index is 2.24. The number of hydrogen-bond acceptors (Lipinski definition) is 2. The summed E-state index contributed by atoms with van der Waals surface area (Å²) in [5.41, 5.74) is 1.33. The standard InChI is InChI=1S/C14H10N2O2/c17-13(10-6-2-1-3-7-10)16-12-9-5-4-8-11(12)15-14(16)18/h1-9H,(H,15,18). The molecule has 1 heterocycles. The Morgan fingerprint density at radius 2 is 1.61 bits per heavy atom. The van der Waals surface area contributed by atoms with E-state index in [1.54, 1.807) is 42.5 Å². The molecule has 0 unspecified atom stereocenters. The minimum atomic E-state index is -0.412. The fourth-order valence-electron chi connectivity index (χ4n) is 1.97. The van der Waals surface area contributed by atoms with E-state index in [1.807, 2.05) is 12.1 Å². The lowest BCUT2D eigenvalue weighted by Crippen LogP contribution is -2.24. The molecule has 2 aromatic carbocycles. The number of carbonyl (C=O) groups is 1. The molecule has 1 N–H and O–H groups in total. The molecule has 0 aliphatic carbocycles. The molecule has 4 nitrogen and oxygen atoms in total. The molecule has 4 heteroatoms. The largest absolute Gasteiger partial charge is 0.333 e. The number of imidazole rings is 1. The molecule has 3 rings (SSSR count). The van der Waals surface area contributed by atoms with Gasteiger partial charge in [0.2, 0.25) is 0 Å². The molecule has 18 heavy (non-hydrogen) atoms. The second-order valence-electron chi connectivity index (χ2n) is 3.95. The first-order valence-electron chi connectivity index (χ1n) is 5.57. The van der Waals surface area contributed by atoms with Crippen LogP contribution in [0.15, 0.2) is 59.4 Å². The Kier molecular flexibility index (Phi) is 2.34. The summed E-state index contributed by atoms with van der Waals surface area (Å²) in [6.07, 6.45) is 0. The van der Waals surface area contributed by atoms with Crippen LogP contribution in [0.1, 0.15) is 10.4 Å². The van der Waals surface area contributed by atoms with Gasteiger partial charge in [-0.05, 0) is 24.3 Å². The topological polar surface area (TPSA) is 54.9 Å². The van der Waals surface area contributed by atoms with Crippen LogP contribution in [0.3, 0.4) is 0 Å². The summed E-state index contributed by atoms with van der Waals surface area (Å²) in [6, 6.07) is 15.9. The van der Waals surface area contributed by atoms with Gasteiger partial charge in [0.05, 0.1) is 11.0 Å². The van der Waals surface area contributed by atoms with E-state index < -0.39 is 5.69 Å². The fraction of sp³-hybridized carbons (Fsp3) is 0. The van der Waals surface area contributed by atoms with Gasteiger partial charge < -0.3 is 4.98 Å². The molecule has 0 bridgehead atoms. The molecule has 0 saturated heterocycles. The summed E-state index contributed by atoms with van der Waals surface area (Å²) in [5.74, 6) is -0.321. The first-order chi connectivity index (χ1) is 8.77. The van der Waals surface area contributed by atoms with Crippen LogP contribution in [0.2, 0.25) is 0 Å². The first-order valence-corrected chi connectivity index (χ1v) is 5.57. The van der Waals surface area contributed by atoms with Gasteiger partial charge in [-0.1, -0.05) is 30.3 Å². The normalized spacial score (nSPS) is 10.7. The Bertz CT molecular complexity index is 769. The summed E-state index contributed by atoms with van der Waals surface area (Å²) >= 11 is 0. The van der Waals surface area contributed by atoms with E-state index >= 15 is 0 Å². The number of fused-ring (bicyclic) bond motifs is 1. The number of carbonyl (C=O) groups excluding carboxylic acids is 1. The van der Waals surface area contributed by atoms with Gasteiger partial charge in [-0.25, -0.2) is 9.36 Å². The highest BCUT2D eigenvalue weighted by atomic mass is 16.2. The second kappa shape index (κ2) is 4.00. The molecular formula is C14H10N2O2. The van der Waals surface area contributed by atoms with Crippen LogP contribution in [-0.4, -0.2) is 15.5 Å². The maximum atomic E-state index is 12.3. The monoisotopic (exact) mass is 238 g/mol. The van der Waals surface area contributed by atoms with Crippen molar-refractivity contribution in [1.29, 1.82) is 0 Å². The van der Waals surface area contributed by atoms with Crippen LogP contribution >= 0.6 is 0 Å². The van der Waals surface area contributed by atoms with Crippen LogP contribution < -0.4 is 5.69 Å². The van der Waals surface area contributed by atoms with Gasteiger partial charge in [0.25, 0.3) is 5.91 Å². The quantitative estimate of drug-likeness (QED) is 0.705. The van der Waals surface area contributed by atoms with Gasteiger partial charge in [0, 0.05) is 5.56 Å². The van der Waals surface area contributed by atoms with Crippen LogP contribution in [-0.2, 0) is 0 Å². The smallest absolute Gasteiger partial charge is 0.305 e.